The van der Waals surface area contributed by atoms with Gasteiger partial charge in [-0.1, -0.05) is 30.3 Å². The van der Waals surface area contributed by atoms with Crippen molar-refractivity contribution in [2.45, 2.75) is 31.4 Å². The van der Waals surface area contributed by atoms with Crippen molar-refractivity contribution >= 4 is 12.1 Å². The molecule has 0 spiro atoms. The first-order valence-corrected chi connectivity index (χ1v) is 6.83. The van der Waals surface area contributed by atoms with Crippen LogP contribution in [0.2, 0.25) is 0 Å². The van der Waals surface area contributed by atoms with E-state index >= 15 is 0 Å². The van der Waals surface area contributed by atoms with E-state index in [-0.39, 0.29) is 6.61 Å². The summed E-state index contributed by atoms with van der Waals surface area (Å²) in [6.07, 6.45) is 1.46. The molecule has 1 saturated heterocycles. The van der Waals surface area contributed by atoms with Crippen LogP contribution in [-0.4, -0.2) is 34.2 Å². The molecule has 0 unspecified atom stereocenters. The third kappa shape index (κ3) is 2.03. The molecular formula is C15H17NO4. The van der Waals surface area contributed by atoms with E-state index < -0.39 is 17.6 Å². The van der Waals surface area contributed by atoms with Crippen LogP contribution < -0.4 is 0 Å². The van der Waals surface area contributed by atoms with Crippen molar-refractivity contribution in [2.75, 3.05) is 6.54 Å². The number of fused-ring (bicyclic) bond motifs is 2. The summed E-state index contributed by atoms with van der Waals surface area (Å²) in [7, 11) is 0. The number of hydrogen-bond donors (Lipinski definition) is 1. The van der Waals surface area contributed by atoms with Gasteiger partial charge in [-0.2, -0.15) is 0 Å². The number of carboxylic acid groups (broad SMARTS) is 1. The first kappa shape index (κ1) is 13.0. The molecule has 3 rings (SSSR count). The maximum Gasteiger partial charge on any atom is 0.411 e. The molecule has 20 heavy (non-hydrogen) atoms. The van der Waals surface area contributed by atoms with Gasteiger partial charge in [0.1, 0.15) is 12.1 Å². The molecule has 2 fully saturated rings. The number of amides is 1. The number of carboxylic acids is 1. The normalized spacial score (nSPS) is 27.6. The zero-order valence-electron chi connectivity index (χ0n) is 11.1. The largest absolute Gasteiger partial charge is 0.479 e. The van der Waals surface area contributed by atoms with Gasteiger partial charge in [-0.05, 0) is 30.7 Å². The highest BCUT2D eigenvalue weighted by Gasteiger charge is 2.58. The molecule has 1 N–H and O–H groups in total. The van der Waals surface area contributed by atoms with Gasteiger partial charge in [0.25, 0.3) is 0 Å². The fourth-order valence-corrected chi connectivity index (χ4v) is 3.31. The van der Waals surface area contributed by atoms with Gasteiger partial charge >= 0.3 is 12.1 Å². The van der Waals surface area contributed by atoms with Crippen LogP contribution in [0.4, 0.5) is 4.79 Å². The van der Waals surface area contributed by atoms with E-state index in [1.54, 1.807) is 0 Å². The van der Waals surface area contributed by atoms with Gasteiger partial charge in [-0.3, -0.25) is 4.90 Å². The highest BCUT2D eigenvalue weighted by Crippen LogP contribution is 2.46. The van der Waals surface area contributed by atoms with Gasteiger partial charge in [0.05, 0.1) is 0 Å². The quantitative estimate of drug-likeness (QED) is 0.918. The van der Waals surface area contributed by atoms with Crippen molar-refractivity contribution in [3.8, 4) is 0 Å². The number of hydrogen-bond acceptors (Lipinski definition) is 3. The topological polar surface area (TPSA) is 66.8 Å². The van der Waals surface area contributed by atoms with Crippen LogP contribution in [0.1, 0.15) is 24.8 Å². The SMILES string of the molecule is O=C(OCc1ccccc1)N1C[C@@H]2CC[C@@]1(C(=O)O)C2. The minimum Gasteiger partial charge on any atom is -0.479 e. The number of aliphatic carboxylic acids is 1. The third-order valence-corrected chi connectivity index (χ3v) is 4.37. The molecule has 1 aromatic carbocycles. The molecule has 0 aromatic heterocycles. The Morgan fingerprint density at radius 2 is 2.10 bits per heavy atom. The maximum atomic E-state index is 12.2. The van der Waals surface area contributed by atoms with Crippen LogP contribution in [0.25, 0.3) is 0 Å². The van der Waals surface area contributed by atoms with E-state index in [1.807, 2.05) is 30.3 Å². The molecule has 1 saturated carbocycles. The molecule has 5 nitrogen and oxygen atoms in total. The highest BCUT2D eigenvalue weighted by molar-refractivity contribution is 5.85. The van der Waals surface area contributed by atoms with Crippen molar-refractivity contribution in [1.82, 2.24) is 4.90 Å². The lowest BCUT2D eigenvalue weighted by Gasteiger charge is -2.34. The molecule has 1 amide bonds. The Hall–Kier alpha value is -2.04. The monoisotopic (exact) mass is 275 g/mol. The van der Waals surface area contributed by atoms with E-state index in [0.717, 1.165) is 12.0 Å². The Morgan fingerprint density at radius 3 is 2.75 bits per heavy atom. The van der Waals surface area contributed by atoms with Gasteiger partial charge in [0.15, 0.2) is 0 Å². The Bertz CT molecular complexity index is 530. The lowest BCUT2D eigenvalue weighted by molar-refractivity contribution is -0.149. The Balaban J connectivity index is 1.67. The summed E-state index contributed by atoms with van der Waals surface area (Å²) in [5.41, 5.74) is -0.132. The molecule has 106 valence electrons. The van der Waals surface area contributed by atoms with Crippen LogP contribution in [0.5, 0.6) is 0 Å². The number of benzene rings is 1. The van der Waals surface area contributed by atoms with Crippen LogP contribution >= 0.6 is 0 Å². The van der Waals surface area contributed by atoms with Crippen LogP contribution in [0.3, 0.4) is 0 Å². The van der Waals surface area contributed by atoms with E-state index in [4.69, 9.17) is 4.74 Å². The average Bonchev–Trinajstić information content (AvgIpc) is 3.05. The number of likely N-dealkylation sites (tertiary alicyclic amines) is 1. The maximum absolute atomic E-state index is 12.2. The standard InChI is InChI=1S/C15H17NO4/c17-13(18)15-7-6-12(8-15)9-16(15)14(19)20-10-11-4-2-1-3-5-11/h1-5,12H,6-10H2,(H,17,18)/t12-,15+/m1/s1. The van der Waals surface area contributed by atoms with Crippen LogP contribution in [-0.2, 0) is 16.1 Å². The summed E-state index contributed by atoms with van der Waals surface area (Å²) in [5, 5.41) is 9.45. The fourth-order valence-electron chi connectivity index (χ4n) is 3.31. The van der Waals surface area contributed by atoms with Crippen molar-refractivity contribution < 1.29 is 19.4 Å². The Morgan fingerprint density at radius 1 is 1.35 bits per heavy atom. The molecule has 2 bridgehead atoms. The van der Waals surface area contributed by atoms with Gasteiger partial charge in [-0.25, -0.2) is 9.59 Å². The number of carbonyl (C=O) groups is 2. The van der Waals surface area contributed by atoms with E-state index in [1.165, 1.54) is 4.90 Å². The van der Waals surface area contributed by atoms with Gasteiger partial charge in [-0.15, -0.1) is 0 Å². The second kappa shape index (κ2) is 4.81. The van der Waals surface area contributed by atoms with Crippen LogP contribution in [0, 0.1) is 5.92 Å². The number of ether oxygens (including phenoxy) is 1. The number of rotatable bonds is 3. The second-order valence-corrected chi connectivity index (χ2v) is 5.60. The molecule has 5 heteroatoms. The number of carbonyl (C=O) groups excluding carboxylic acids is 1. The third-order valence-electron chi connectivity index (χ3n) is 4.37. The lowest BCUT2D eigenvalue weighted by atomic mass is 9.98. The fraction of sp³-hybridized carbons (Fsp3) is 0.467. The van der Waals surface area contributed by atoms with Crippen molar-refractivity contribution in [1.29, 1.82) is 0 Å². The molecule has 1 aliphatic carbocycles. The van der Waals surface area contributed by atoms with Gasteiger partial charge in [0, 0.05) is 6.54 Å². The molecule has 1 heterocycles. The highest BCUT2D eigenvalue weighted by atomic mass is 16.6. The second-order valence-electron chi connectivity index (χ2n) is 5.60. The molecular weight excluding hydrogens is 258 g/mol. The van der Waals surface area contributed by atoms with Gasteiger partial charge in [0.2, 0.25) is 0 Å². The molecule has 0 radical (unpaired) electrons. The summed E-state index contributed by atoms with van der Waals surface area (Å²) in [5.74, 6) is -0.607. The van der Waals surface area contributed by atoms with E-state index in [2.05, 4.69) is 0 Å². The van der Waals surface area contributed by atoms with Crippen molar-refractivity contribution in [2.24, 2.45) is 5.92 Å². The Kier molecular flexibility index (Phi) is 3.12. The number of nitrogens with zero attached hydrogens (tertiary/aromatic N) is 1. The zero-order chi connectivity index (χ0) is 14.2. The van der Waals surface area contributed by atoms with Crippen molar-refractivity contribution in [3.05, 3.63) is 35.9 Å². The predicted molar refractivity (Wildman–Crippen MR) is 71.0 cm³/mol. The van der Waals surface area contributed by atoms with E-state index in [9.17, 15) is 14.7 Å². The number of piperidine rings is 1. The van der Waals surface area contributed by atoms with Crippen molar-refractivity contribution in [3.63, 3.8) is 0 Å². The summed E-state index contributed by atoms with van der Waals surface area (Å²) in [6, 6.07) is 9.39. The molecule has 2 atom stereocenters. The summed E-state index contributed by atoms with van der Waals surface area (Å²) in [6.45, 7) is 0.677. The lowest BCUT2D eigenvalue weighted by Crippen LogP contribution is -2.53. The van der Waals surface area contributed by atoms with E-state index in [0.29, 0.717) is 25.3 Å². The predicted octanol–water partition coefficient (Wildman–Crippen LogP) is 2.26. The minimum absolute atomic E-state index is 0.177. The first-order valence-electron chi connectivity index (χ1n) is 6.83. The summed E-state index contributed by atoms with van der Waals surface area (Å²) < 4.78 is 5.26. The molecule has 1 aliphatic heterocycles. The van der Waals surface area contributed by atoms with Gasteiger partial charge < -0.3 is 9.84 Å². The Labute approximate surface area is 117 Å². The average molecular weight is 275 g/mol. The summed E-state index contributed by atoms with van der Waals surface area (Å²) in [4.78, 5) is 25.1. The molecule has 2 aliphatic rings. The molecule has 1 aromatic rings. The minimum atomic E-state index is -1.03. The summed E-state index contributed by atoms with van der Waals surface area (Å²) >= 11 is 0. The first-order chi connectivity index (χ1) is 9.62. The van der Waals surface area contributed by atoms with Crippen LogP contribution in [0.15, 0.2) is 30.3 Å². The smallest absolute Gasteiger partial charge is 0.411 e. The zero-order valence-corrected chi connectivity index (χ0v) is 11.1.